The highest BCUT2D eigenvalue weighted by Crippen LogP contribution is 2.15. The van der Waals surface area contributed by atoms with Crippen LogP contribution in [0.3, 0.4) is 0 Å². The fourth-order valence-corrected chi connectivity index (χ4v) is 6.04. The lowest BCUT2D eigenvalue weighted by atomic mass is 10.3. The van der Waals surface area contributed by atoms with Gasteiger partial charge in [0.25, 0.3) is 0 Å². The van der Waals surface area contributed by atoms with Gasteiger partial charge in [0.15, 0.2) is 0 Å². The maximum atomic E-state index is 5.44. The monoisotopic (exact) mass is 224 g/mol. The summed E-state index contributed by atoms with van der Waals surface area (Å²) >= 11 is 0. The number of para-hydroxylation sites is 1. The molecule has 78 valence electrons. The Hall–Kier alpha value is -0.546. The zero-order chi connectivity index (χ0) is 10.8. The van der Waals surface area contributed by atoms with Crippen molar-refractivity contribution >= 4 is 21.1 Å². The second-order valence-corrected chi connectivity index (χ2v) is 18.7. The van der Waals surface area contributed by atoms with Crippen molar-refractivity contribution in [3.63, 3.8) is 0 Å². The number of hydrogen-bond donors (Lipinski definition) is 0. The largest absolute Gasteiger partial charge is 0.497 e. The molecule has 14 heavy (non-hydrogen) atoms. The maximum absolute atomic E-state index is 5.44. The highest BCUT2D eigenvalue weighted by atomic mass is 29.2. The third-order valence-corrected chi connectivity index (χ3v) is 17.5. The average molecular weight is 224 g/mol. The summed E-state index contributed by atoms with van der Waals surface area (Å²) in [6, 6.07) is 8.51. The smallest absolute Gasteiger partial charge is 0.117 e. The third-order valence-electron chi connectivity index (χ3n) is 3.24. The van der Waals surface area contributed by atoms with Crippen molar-refractivity contribution in [2.75, 3.05) is 7.11 Å². The normalized spacial score (nSPS) is 11.9. The van der Waals surface area contributed by atoms with Crippen LogP contribution in [0.1, 0.15) is 0 Å². The topological polar surface area (TPSA) is 9.23 Å². The molecule has 1 aromatic carbocycles. The van der Waals surface area contributed by atoms with Crippen LogP contribution in [0.4, 0.5) is 0 Å². The Bertz CT molecular complexity index is 308. The maximum Gasteiger partial charge on any atom is 0.117 e. The van der Waals surface area contributed by atoms with Gasteiger partial charge in [-0.3, -0.25) is 0 Å². The Morgan fingerprint density at radius 3 is 2.21 bits per heavy atom. The summed E-state index contributed by atoms with van der Waals surface area (Å²) in [5, 5.41) is 1.49. The van der Waals surface area contributed by atoms with Gasteiger partial charge in [0.05, 0.1) is 14.7 Å². The Morgan fingerprint density at radius 1 is 1.14 bits per heavy atom. The molecule has 0 aliphatic carbocycles. The van der Waals surface area contributed by atoms with Gasteiger partial charge in [-0.25, -0.2) is 0 Å². The van der Waals surface area contributed by atoms with Crippen molar-refractivity contribution in [2.24, 2.45) is 0 Å². The van der Waals surface area contributed by atoms with E-state index in [2.05, 4.69) is 50.5 Å². The Morgan fingerprint density at radius 2 is 1.71 bits per heavy atom. The second kappa shape index (κ2) is 4.32. The van der Waals surface area contributed by atoms with Gasteiger partial charge < -0.3 is 4.74 Å². The summed E-state index contributed by atoms with van der Waals surface area (Å²) < 4.78 is 5.44. The van der Waals surface area contributed by atoms with E-state index in [9.17, 15) is 0 Å². The van der Waals surface area contributed by atoms with Gasteiger partial charge >= 0.3 is 0 Å². The lowest BCUT2D eigenvalue weighted by Gasteiger charge is -2.28. The van der Waals surface area contributed by atoms with E-state index < -0.39 is 15.9 Å². The van der Waals surface area contributed by atoms with Crippen molar-refractivity contribution in [1.82, 2.24) is 0 Å². The molecule has 0 aromatic heterocycles. The van der Waals surface area contributed by atoms with Crippen LogP contribution >= 0.6 is 0 Å². The molecule has 0 aliphatic heterocycles. The van der Waals surface area contributed by atoms with E-state index in [0.717, 1.165) is 5.75 Å². The minimum atomic E-state index is -1.21. The Balaban J connectivity index is 3.17. The van der Waals surface area contributed by atoms with Crippen LogP contribution in [-0.4, -0.2) is 23.0 Å². The molecule has 0 spiro atoms. The van der Waals surface area contributed by atoms with Crippen molar-refractivity contribution in [3.8, 4) is 5.75 Å². The minimum absolute atomic E-state index is 0.589. The molecular formula is C11H20OSi2. The summed E-state index contributed by atoms with van der Waals surface area (Å²) in [4.78, 5) is 0. The van der Waals surface area contributed by atoms with E-state index in [1.807, 2.05) is 0 Å². The molecule has 0 unspecified atom stereocenters. The number of benzene rings is 1. The molecule has 0 N–H and O–H groups in total. The van der Waals surface area contributed by atoms with Crippen LogP contribution in [0.25, 0.3) is 0 Å². The van der Waals surface area contributed by atoms with E-state index >= 15 is 0 Å². The number of rotatable bonds is 3. The van der Waals surface area contributed by atoms with Gasteiger partial charge in [-0.1, -0.05) is 44.4 Å². The standard InChI is InChI=1S/C11H20OSi2/c1-12-10-8-6-7-9-11(10)14(4,5)13(2)3/h6-9,13H,1-5H3. The molecule has 0 saturated heterocycles. The number of methoxy groups -OCH3 is 1. The van der Waals surface area contributed by atoms with E-state index in [-0.39, 0.29) is 0 Å². The second-order valence-electron chi connectivity index (χ2n) is 4.58. The highest BCUT2D eigenvalue weighted by Gasteiger charge is 2.30. The molecule has 0 amide bonds. The SMILES string of the molecule is COc1ccccc1[Si](C)(C)[SiH](C)C. The lowest BCUT2D eigenvalue weighted by molar-refractivity contribution is 0.418. The summed E-state index contributed by atoms with van der Waals surface area (Å²) in [6.07, 6.45) is 0. The first-order chi connectivity index (χ1) is 6.50. The van der Waals surface area contributed by atoms with E-state index in [1.54, 1.807) is 7.11 Å². The van der Waals surface area contributed by atoms with Crippen molar-refractivity contribution in [2.45, 2.75) is 26.2 Å². The number of hydrogen-bond acceptors (Lipinski definition) is 1. The first-order valence-corrected chi connectivity index (χ1v) is 12.3. The third kappa shape index (κ3) is 2.09. The van der Waals surface area contributed by atoms with Crippen LogP contribution in [0.5, 0.6) is 5.75 Å². The summed E-state index contributed by atoms with van der Waals surface area (Å²) in [5.41, 5.74) is 0. The van der Waals surface area contributed by atoms with Crippen LogP contribution in [0.2, 0.25) is 26.2 Å². The zero-order valence-corrected chi connectivity index (χ0v) is 11.9. The van der Waals surface area contributed by atoms with Gasteiger partial charge in [0.2, 0.25) is 0 Å². The molecular weight excluding hydrogens is 204 g/mol. The molecule has 1 nitrogen and oxygen atoms in total. The molecule has 0 aliphatic rings. The fourth-order valence-electron chi connectivity index (χ4n) is 1.49. The van der Waals surface area contributed by atoms with Crippen LogP contribution in [-0.2, 0) is 0 Å². The number of ether oxygens (including phenoxy) is 1. The van der Waals surface area contributed by atoms with Gasteiger partial charge in [-0.05, 0) is 11.3 Å². The fraction of sp³-hybridized carbons (Fsp3) is 0.455. The van der Waals surface area contributed by atoms with Crippen LogP contribution < -0.4 is 9.92 Å². The summed E-state index contributed by atoms with van der Waals surface area (Å²) in [6.45, 7) is 9.81. The lowest BCUT2D eigenvalue weighted by Crippen LogP contribution is -2.53. The van der Waals surface area contributed by atoms with Gasteiger partial charge in [0.1, 0.15) is 5.75 Å². The average Bonchev–Trinajstić information content (AvgIpc) is 2.17. The molecule has 0 radical (unpaired) electrons. The highest BCUT2D eigenvalue weighted by molar-refractivity contribution is 7.37. The van der Waals surface area contributed by atoms with E-state index in [0.29, 0.717) is 0 Å². The molecule has 0 saturated carbocycles. The molecule has 1 aromatic rings. The zero-order valence-electron chi connectivity index (χ0n) is 9.79. The van der Waals surface area contributed by atoms with Crippen LogP contribution in [0, 0.1) is 0 Å². The molecule has 0 bridgehead atoms. The minimum Gasteiger partial charge on any atom is -0.497 e. The summed E-state index contributed by atoms with van der Waals surface area (Å²) in [7, 11) is -0.0288. The van der Waals surface area contributed by atoms with Crippen molar-refractivity contribution in [3.05, 3.63) is 24.3 Å². The Labute approximate surface area is 89.5 Å². The van der Waals surface area contributed by atoms with E-state index in [1.165, 1.54) is 5.19 Å². The van der Waals surface area contributed by atoms with Crippen molar-refractivity contribution < 1.29 is 4.74 Å². The van der Waals surface area contributed by atoms with Crippen LogP contribution in [0.15, 0.2) is 24.3 Å². The predicted molar refractivity (Wildman–Crippen MR) is 69.0 cm³/mol. The van der Waals surface area contributed by atoms with Gasteiger partial charge in [-0.2, -0.15) is 0 Å². The van der Waals surface area contributed by atoms with Gasteiger partial charge in [-0.15, -0.1) is 0 Å². The summed E-state index contributed by atoms with van der Waals surface area (Å²) in [5.74, 6) is 1.09. The molecule has 0 heterocycles. The van der Waals surface area contributed by atoms with Crippen molar-refractivity contribution in [1.29, 1.82) is 0 Å². The molecule has 3 heteroatoms. The first-order valence-electron chi connectivity index (χ1n) is 5.13. The molecule has 0 atom stereocenters. The first kappa shape index (κ1) is 11.5. The Kier molecular flexibility index (Phi) is 3.55. The predicted octanol–water partition coefficient (Wildman–Crippen LogP) is 2.18. The molecule has 1 rings (SSSR count). The van der Waals surface area contributed by atoms with E-state index in [4.69, 9.17) is 4.74 Å². The quantitative estimate of drug-likeness (QED) is 0.715. The van der Waals surface area contributed by atoms with Gasteiger partial charge in [0, 0.05) is 8.31 Å². The molecule has 0 fully saturated rings.